The molecule has 1 aromatic carbocycles. The molecule has 1 N–H and O–H groups in total. The molecule has 1 aliphatic carbocycles. The van der Waals surface area contributed by atoms with Gasteiger partial charge in [-0.1, -0.05) is 6.07 Å². The van der Waals surface area contributed by atoms with Crippen LogP contribution in [0, 0.1) is 11.6 Å². The molecule has 4 nitrogen and oxygen atoms in total. The van der Waals surface area contributed by atoms with Crippen molar-refractivity contribution in [3.63, 3.8) is 0 Å². The quantitative estimate of drug-likeness (QED) is 0.919. The molecule has 0 saturated heterocycles. The first-order valence-corrected chi connectivity index (χ1v) is 7.47. The summed E-state index contributed by atoms with van der Waals surface area (Å²) in [6.07, 6.45) is 1.32. The van der Waals surface area contributed by atoms with E-state index in [0.717, 1.165) is 18.4 Å². The van der Waals surface area contributed by atoms with Gasteiger partial charge in [0, 0.05) is 11.7 Å². The Kier molecular flexibility index (Phi) is 3.12. The number of rotatable bonds is 4. The third-order valence-corrected chi connectivity index (χ3v) is 4.45. The highest BCUT2D eigenvalue weighted by atomic mass is 32.2. The van der Waals surface area contributed by atoms with Gasteiger partial charge in [0.15, 0.2) is 9.84 Å². The van der Waals surface area contributed by atoms with Gasteiger partial charge in [-0.15, -0.1) is 0 Å². The smallest absolute Gasteiger partial charge is 0.304 e. The van der Waals surface area contributed by atoms with E-state index in [1.54, 1.807) is 0 Å². The van der Waals surface area contributed by atoms with Crippen LogP contribution in [0.4, 0.5) is 8.78 Å². The number of halogens is 2. The molecule has 0 bridgehead atoms. The summed E-state index contributed by atoms with van der Waals surface area (Å²) in [5.74, 6) is -3.42. The molecule has 0 amide bonds. The summed E-state index contributed by atoms with van der Waals surface area (Å²) in [5.41, 5.74) is -0.931. The number of hydrogen-bond acceptors (Lipinski definition) is 3. The molecule has 2 rings (SSSR count). The molecule has 1 aromatic rings. The van der Waals surface area contributed by atoms with Crippen molar-refractivity contribution in [3.05, 3.63) is 29.3 Å². The van der Waals surface area contributed by atoms with Crippen LogP contribution in [0.2, 0.25) is 0 Å². The molecule has 0 aliphatic heterocycles. The van der Waals surface area contributed by atoms with Crippen molar-refractivity contribution in [2.45, 2.75) is 29.6 Å². The molecule has 104 valence electrons. The van der Waals surface area contributed by atoms with E-state index in [0.29, 0.717) is 12.8 Å². The molecule has 0 atom stereocenters. The lowest BCUT2D eigenvalue weighted by atomic mass is 9.92. The number of benzene rings is 1. The Morgan fingerprint density at radius 3 is 2.37 bits per heavy atom. The fraction of sp³-hybridized carbons (Fsp3) is 0.417. The minimum atomic E-state index is -4.05. The third-order valence-electron chi connectivity index (χ3n) is 3.33. The van der Waals surface area contributed by atoms with Crippen LogP contribution in [0.1, 0.15) is 24.8 Å². The van der Waals surface area contributed by atoms with Crippen LogP contribution in [0.3, 0.4) is 0 Å². The maximum Gasteiger partial charge on any atom is 0.304 e. The Labute approximate surface area is 109 Å². The number of carboxylic acid groups (broad SMARTS) is 1. The van der Waals surface area contributed by atoms with Crippen LogP contribution in [-0.2, 0) is 20.0 Å². The zero-order valence-corrected chi connectivity index (χ0v) is 10.9. The van der Waals surface area contributed by atoms with E-state index in [1.807, 2.05) is 0 Å². The predicted octanol–water partition coefficient (Wildman–Crippen LogP) is 1.87. The maximum absolute atomic E-state index is 14.2. The van der Waals surface area contributed by atoms with E-state index in [4.69, 9.17) is 5.11 Å². The summed E-state index contributed by atoms with van der Waals surface area (Å²) in [7, 11) is -4.05. The average molecular weight is 290 g/mol. The van der Waals surface area contributed by atoms with Gasteiger partial charge in [0.2, 0.25) is 0 Å². The van der Waals surface area contributed by atoms with Crippen LogP contribution < -0.4 is 0 Å². The minimum Gasteiger partial charge on any atom is -0.481 e. The van der Waals surface area contributed by atoms with E-state index in [-0.39, 0.29) is 12.0 Å². The van der Waals surface area contributed by atoms with Crippen molar-refractivity contribution in [3.8, 4) is 0 Å². The number of hydrogen-bond donors (Lipinski definition) is 1. The highest BCUT2D eigenvalue weighted by Gasteiger charge is 2.48. The second kappa shape index (κ2) is 4.26. The molecule has 7 heteroatoms. The monoisotopic (exact) mass is 290 g/mol. The molecule has 1 fully saturated rings. The van der Waals surface area contributed by atoms with E-state index in [1.165, 1.54) is 0 Å². The summed E-state index contributed by atoms with van der Waals surface area (Å²) in [5, 5.41) is 8.81. The van der Waals surface area contributed by atoms with Gasteiger partial charge in [0.05, 0.1) is 6.42 Å². The van der Waals surface area contributed by atoms with Crippen molar-refractivity contribution in [2.75, 3.05) is 6.26 Å². The molecule has 0 spiro atoms. The Bertz CT molecular complexity index is 648. The molecular formula is C12H12F2O4S. The largest absolute Gasteiger partial charge is 0.481 e. The van der Waals surface area contributed by atoms with Gasteiger partial charge < -0.3 is 5.11 Å². The first-order chi connectivity index (χ1) is 8.67. The normalized spacial score (nSPS) is 17.2. The SMILES string of the molecule is CS(=O)(=O)c1c(F)ccc(C2(CC(=O)O)CC2)c1F. The van der Waals surface area contributed by atoms with Gasteiger partial charge in [0.1, 0.15) is 16.5 Å². The zero-order valence-electron chi connectivity index (χ0n) is 10.1. The summed E-state index contributed by atoms with van der Waals surface area (Å²) in [4.78, 5) is 9.79. The van der Waals surface area contributed by atoms with Crippen LogP contribution in [0.5, 0.6) is 0 Å². The van der Waals surface area contributed by atoms with Crippen molar-refractivity contribution >= 4 is 15.8 Å². The number of carbonyl (C=O) groups is 1. The average Bonchev–Trinajstić information content (AvgIpc) is 2.94. The van der Waals surface area contributed by atoms with Gasteiger partial charge in [-0.2, -0.15) is 0 Å². The molecule has 1 saturated carbocycles. The van der Waals surface area contributed by atoms with Gasteiger partial charge in [-0.05, 0) is 24.5 Å². The van der Waals surface area contributed by atoms with E-state index in [2.05, 4.69) is 0 Å². The van der Waals surface area contributed by atoms with E-state index < -0.39 is 37.8 Å². The Hall–Kier alpha value is -1.50. The Balaban J connectivity index is 2.59. The topological polar surface area (TPSA) is 71.4 Å². The van der Waals surface area contributed by atoms with Gasteiger partial charge in [0.25, 0.3) is 0 Å². The molecular weight excluding hydrogens is 278 g/mol. The predicted molar refractivity (Wildman–Crippen MR) is 62.6 cm³/mol. The van der Waals surface area contributed by atoms with E-state index in [9.17, 15) is 22.0 Å². The minimum absolute atomic E-state index is 0.0308. The van der Waals surface area contributed by atoms with Gasteiger partial charge in [-0.3, -0.25) is 4.79 Å². The second-order valence-electron chi connectivity index (χ2n) is 4.86. The Morgan fingerprint density at radius 1 is 1.37 bits per heavy atom. The molecule has 0 aromatic heterocycles. The summed E-state index contributed by atoms with van der Waals surface area (Å²) in [6.45, 7) is 0. The maximum atomic E-state index is 14.2. The molecule has 0 radical (unpaired) electrons. The highest BCUT2D eigenvalue weighted by Crippen LogP contribution is 2.52. The molecule has 0 unspecified atom stereocenters. The van der Waals surface area contributed by atoms with Crippen LogP contribution in [-0.4, -0.2) is 25.7 Å². The lowest BCUT2D eigenvalue weighted by molar-refractivity contribution is -0.137. The van der Waals surface area contributed by atoms with Crippen LogP contribution in [0.25, 0.3) is 0 Å². The molecule has 1 aliphatic rings. The number of sulfone groups is 1. The number of aliphatic carboxylic acids is 1. The highest BCUT2D eigenvalue weighted by molar-refractivity contribution is 7.90. The second-order valence-corrected chi connectivity index (χ2v) is 6.81. The van der Waals surface area contributed by atoms with E-state index >= 15 is 0 Å². The first kappa shape index (κ1) is 13.9. The summed E-state index contributed by atoms with van der Waals surface area (Å²) >= 11 is 0. The van der Waals surface area contributed by atoms with Crippen molar-refractivity contribution < 1.29 is 27.1 Å². The Morgan fingerprint density at radius 2 is 1.95 bits per heavy atom. The van der Waals surface area contributed by atoms with Crippen molar-refractivity contribution in [2.24, 2.45) is 0 Å². The fourth-order valence-electron chi connectivity index (χ4n) is 2.26. The fourth-order valence-corrected chi connectivity index (χ4v) is 3.12. The van der Waals surface area contributed by atoms with Crippen LogP contribution in [0.15, 0.2) is 17.0 Å². The zero-order chi connectivity index (χ0) is 14.4. The standard InChI is InChI=1S/C12H12F2O4S/c1-19(17,18)11-8(13)3-2-7(10(11)14)12(4-5-12)6-9(15)16/h2-3H,4-6H2,1H3,(H,15,16). The lowest BCUT2D eigenvalue weighted by Crippen LogP contribution is -2.17. The summed E-state index contributed by atoms with van der Waals surface area (Å²) in [6, 6.07) is 2.01. The molecule has 19 heavy (non-hydrogen) atoms. The van der Waals surface area contributed by atoms with Gasteiger partial charge >= 0.3 is 5.97 Å². The first-order valence-electron chi connectivity index (χ1n) is 5.58. The van der Waals surface area contributed by atoms with Crippen LogP contribution >= 0.6 is 0 Å². The van der Waals surface area contributed by atoms with Crippen molar-refractivity contribution in [1.29, 1.82) is 0 Å². The van der Waals surface area contributed by atoms with Gasteiger partial charge in [-0.25, -0.2) is 17.2 Å². The lowest BCUT2D eigenvalue weighted by Gasteiger charge is -2.16. The molecule has 0 heterocycles. The number of carboxylic acids is 1. The van der Waals surface area contributed by atoms with Crippen molar-refractivity contribution in [1.82, 2.24) is 0 Å². The summed E-state index contributed by atoms with van der Waals surface area (Å²) < 4.78 is 50.5. The third kappa shape index (κ3) is 2.47.